The van der Waals surface area contributed by atoms with E-state index in [9.17, 15) is 4.79 Å². The monoisotopic (exact) mass is 461 g/mol. The van der Waals surface area contributed by atoms with Crippen LogP contribution in [0.2, 0.25) is 0 Å². The Morgan fingerprint density at radius 2 is 2.12 bits per heavy atom. The van der Waals surface area contributed by atoms with Gasteiger partial charge in [0.1, 0.15) is 10.7 Å². The lowest BCUT2D eigenvalue weighted by atomic mass is 9.89. The third kappa shape index (κ3) is 3.08. The summed E-state index contributed by atoms with van der Waals surface area (Å²) in [6.07, 6.45) is 3.16. The molecule has 0 radical (unpaired) electrons. The van der Waals surface area contributed by atoms with Gasteiger partial charge in [0.05, 0.1) is 16.2 Å². The fraction of sp³-hybridized carbons (Fsp3) is 0.333. The first-order valence-corrected chi connectivity index (χ1v) is 12.6. The van der Waals surface area contributed by atoms with Gasteiger partial charge in [0.15, 0.2) is 10.8 Å². The van der Waals surface area contributed by atoms with Crippen LogP contribution in [0.25, 0.3) is 26.8 Å². The average Bonchev–Trinajstić information content (AvgIpc) is 3.34. The Balaban J connectivity index is 1.41. The maximum atomic E-state index is 13.0. The second-order valence-corrected chi connectivity index (χ2v) is 11.2. The molecule has 0 fully saturated rings. The van der Waals surface area contributed by atoms with Crippen molar-refractivity contribution in [2.75, 3.05) is 0 Å². The molecule has 0 saturated carbocycles. The summed E-state index contributed by atoms with van der Waals surface area (Å²) in [4.78, 5) is 23.2. The minimum Gasteiger partial charge on any atom is -0.309 e. The highest BCUT2D eigenvalue weighted by Crippen LogP contribution is 2.38. The van der Waals surface area contributed by atoms with Crippen LogP contribution < -0.4 is 5.56 Å². The number of thiophene rings is 1. The number of pyridine rings is 1. The molecule has 32 heavy (non-hydrogen) atoms. The molecule has 0 saturated heterocycles. The van der Waals surface area contributed by atoms with E-state index in [1.807, 2.05) is 12.1 Å². The largest absolute Gasteiger partial charge is 0.309 e. The Kier molecular flexibility index (Phi) is 4.62. The number of hydrogen-bond acceptors (Lipinski definition) is 6. The van der Waals surface area contributed by atoms with Crippen molar-refractivity contribution in [3.05, 3.63) is 62.5 Å². The van der Waals surface area contributed by atoms with Gasteiger partial charge in [-0.3, -0.25) is 9.20 Å². The Labute approximate surface area is 193 Å². The smallest absolute Gasteiger partial charge is 0.259 e. The molecule has 2 atom stereocenters. The number of thioether (sulfide) groups is 1. The van der Waals surface area contributed by atoms with E-state index >= 15 is 0 Å². The fourth-order valence-corrected chi connectivity index (χ4v) is 7.04. The molecule has 0 aliphatic heterocycles. The minimum atomic E-state index is -0.0717. The number of benzene rings is 1. The van der Waals surface area contributed by atoms with Crippen LogP contribution in [0.5, 0.6) is 0 Å². The molecular weight excluding hydrogens is 438 g/mol. The number of aromatic nitrogens is 5. The summed E-state index contributed by atoms with van der Waals surface area (Å²) in [6, 6.07) is 10.4. The van der Waals surface area contributed by atoms with E-state index in [0.717, 1.165) is 45.8 Å². The molecule has 1 aliphatic carbocycles. The molecule has 1 aliphatic rings. The van der Waals surface area contributed by atoms with Gasteiger partial charge in [0.2, 0.25) is 0 Å². The number of aromatic amines is 1. The topological polar surface area (TPSA) is 75.9 Å². The van der Waals surface area contributed by atoms with Gasteiger partial charge in [-0.25, -0.2) is 4.98 Å². The van der Waals surface area contributed by atoms with Crippen molar-refractivity contribution in [1.29, 1.82) is 0 Å². The molecule has 4 heterocycles. The third-order valence-corrected chi connectivity index (χ3v) is 8.62. The molecule has 1 aromatic carbocycles. The van der Waals surface area contributed by atoms with E-state index in [1.165, 1.54) is 21.4 Å². The van der Waals surface area contributed by atoms with Gasteiger partial charge in [-0.2, -0.15) is 0 Å². The molecule has 0 bridgehead atoms. The standard InChI is InChI=1S/C24H23N5OS2/c1-12-8-9-16-18(10-12)32-23-20(16)22(30)25-21(26-23)14(3)31-24-28-27-19-11-13(2)15-6-4-5-7-17(15)29(19)24/h4-7,11-12,14H,8-10H2,1-3H3,(H,25,26,30). The maximum Gasteiger partial charge on any atom is 0.259 e. The lowest BCUT2D eigenvalue weighted by molar-refractivity contribution is 0.509. The summed E-state index contributed by atoms with van der Waals surface area (Å²) < 4.78 is 2.09. The summed E-state index contributed by atoms with van der Waals surface area (Å²) in [5, 5.41) is 11.6. The number of aryl methyl sites for hydroxylation is 2. The van der Waals surface area contributed by atoms with Crippen molar-refractivity contribution in [2.24, 2.45) is 5.92 Å². The number of hydrogen-bond donors (Lipinski definition) is 1. The minimum absolute atomic E-state index is 0.0170. The molecule has 5 aromatic rings. The molecule has 2 unspecified atom stereocenters. The first kappa shape index (κ1) is 19.9. The molecule has 6 nitrogen and oxygen atoms in total. The van der Waals surface area contributed by atoms with Crippen molar-refractivity contribution < 1.29 is 0 Å². The summed E-state index contributed by atoms with van der Waals surface area (Å²) >= 11 is 3.26. The van der Waals surface area contributed by atoms with Crippen LogP contribution in [0.3, 0.4) is 0 Å². The van der Waals surface area contributed by atoms with E-state index in [2.05, 4.69) is 58.6 Å². The van der Waals surface area contributed by atoms with E-state index < -0.39 is 0 Å². The van der Waals surface area contributed by atoms with Gasteiger partial charge in [0.25, 0.3) is 5.56 Å². The molecule has 8 heteroatoms. The van der Waals surface area contributed by atoms with Gasteiger partial charge in [0, 0.05) is 10.3 Å². The predicted molar refractivity (Wildman–Crippen MR) is 131 cm³/mol. The second kappa shape index (κ2) is 7.42. The summed E-state index contributed by atoms with van der Waals surface area (Å²) in [5.41, 5.74) is 4.29. The highest BCUT2D eigenvalue weighted by Gasteiger charge is 2.24. The van der Waals surface area contributed by atoms with E-state index in [0.29, 0.717) is 11.7 Å². The molecule has 0 amide bonds. The zero-order valence-electron chi connectivity index (χ0n) is 18.2. The van der Waals surface area contributed by atoms with Crippen LogP contribution in [0.1, 0.15) is 47.3 Å². The summed E-state index contributed by atoms with van der Waals surface area (Å²) in [6.45, 7) is 6.43. The molecule has 1 N–H and O–H groups in total. The van der Waals surface area contributed by atoms with Crippen LogP contribution in [0.4, 0.5) is 0 Å². The Bertz CT molecular complexity index is 1560. The molecular formula is C24H23N5OS2. The fourth-order valence-electron chi connectivity index (χ4n) is 4.72. The Morgan fingerprint density at radius 1 is 1.28 bits per heavy atom. The molecule has 6 rings (SSSR count). The summed E-state index contributed by atoms with van der Waals surface area (Å²) in [7, 11) is 0. The molecule has 4 aromatic heterocycles. The van der Waals surface area contributed by atoms with Crippen molar-refractivity contribution in [3.63, 3.8) is 0 Å². The zero-order valence-corrected chi connectivity index (χ0v) is 19.8. The van der Waals surface area contributed by atoms with Gasteiger partial charge >= 0.3 is 0 Å². The number of fused-ring (bicyclic) bond motifs is 6. The highest BCUT2D eigenvalue weighted by atomic mass is 32.2. The number of rotatable bonds is 3. The quantitative estimate of drug-likeness (QED) is 0.361. The van der Waals surface area contributed by atoms with Crippen molar-refractivity contribution in [2.45, 2.75) is 50.4 Å². The molecule has 162 valence electrons. The van der Waals surface area contributed by atoms with Crippen molar-refractivity contribution in [1.82, 2.24) is 24.6 Å². The Morgan fingerprint density at radius 3 is 3.00 bits per heavy atom. The lowest BCUT2D eigenvalue weighted by Crippen LogP contribution is -2.15. The average molecular weight is 462 g/mol. The normalized spacial score (nSPS) is 17.3. The van der Waals surface area contributed by atoms with Gasteiger partial charge in [-0.05, 0) is 62.3 Å². The van der Waals surface area contributed by atoms with E-state index in [-0.39, 0.29) is 10.8 Å². The van der Waals surface area contributed by atoms with E-state index in [1.54, 1.807) is 23.1 Å². The van der Waals surface area contributed by atoms with Gasteiger partial charge < -0.3 is 4.98 Å². The number of H-pyrrole nitrogens is 1. The highest BCUT2D eigenvalue weighted by molar-refractivity contribution is 7.99. The SMILES string of the molecule is Cc1cc2nnc(SC(C)c3nc4sc5c(c4c(=O)[nH]3)CCC(C)C5)n2c2ccccc12. The van der Waals surface area contributed by atoms with E-state index in [4.69, 9.17) is 4.98 Å². The summed E-state index contributed by atoms with van der Waals surface area (Å²) in [5.74, 6) is 1.36. The van der Waals surface area contributed by atoms with Crippen LogP contribution in [-0.2, 0) is 12.8 Å². The molecule has 0 spiro atoms. The van der Waals surface area contributed by atoms with Gasteiger partial charge in [-0.15, -0.1) is 21.5 Å². The van der Waals surface area contributed by atoms with Gasteiger partial charge in [-0.1, -0.05) is 36.9 Å². The van der Waals surface area contributed by atoms with Crippen LogP contribution in [0, 0.1) is 12.8 Å². The first-order valence-electron chi connectivity index (χ1n) is 10.9. The zero-order chi connectivity index (χ0) is 22.0. The number of para-hydroxylation sites is 1. The maximum absolute atomic E-state index is 13.0. The predicted octanol–water partition coefficient (Wildman–Crippen LogP) is 5.47. The first-order chi connectivity index (χ1) is 15.5. The van der Waals surface area contributed by atoms with Crippen molar-refractivity contribution >= 4 is 49.9 Å². The third-order valence-electron chi connectivity index (χ3n) is 6.42. The van der Waals surface area contributed by atoms with Crippen LogP contribution in [0.15, 0.2) is 40.3 Å². The van der Waals surface area contributed by atoms with Crippen LogP contribution in [-0.4, -0.2) is 24.6 Å². The van der Waals surface area contributed by atoms with Crippen molar-refractivity contribution in [3.8, 4) is 0 Å². The number of nitrogens with zero attached hydrogens (tertiary/aromatic N) is 4. The Hall–Kier alpha value is -2.71. The van der Waals surface area contributed by atoms with Crippen LogP contribution >= 0.6 is 23.1 Å². The lowest BCUT2D eigenvalue weighted by Gasteiger charge is -2.17. The second-order valence-electron chi connectivity index (χ2n) is 8.76. The number of nitrogens with one attached hydrogen (secondary N) is 1.